The molecule has 4 rings (SSSR count). The topological polar surface area (TPSA) is 104 Å². The molecule has 0 unspecified atom stereocenters. The number of aliphatic hydroxyl groups is 1. The number of hydrogen-bond donors (Lipinski definition) is 1. The number of nitrogens with zero attached hydrogens (tertiary/aromatic N) is 1. The lowest BCUT2D eigenvalue weighted by Gasteiger charge is -2.26. The Labute approximate surface area is 233 Å². The quantitative estimate of drug-likeness (QED) is 0.210. The molecular formula is C31H33NO8. The molecule has 40 heavy (non-hydrogen) atoms. The number of ether oxygens (including phenoxy) is 5. The molecule has 0 aromatic heterocycles. The number of hydrogen-bond acceptors (Lipinski definition) is 8. The molecule has 3 aromatic carbocycles. The Bertz CT molecular complexity index is 1390. The van der Waals surface area contributed by atoms with Gasteiger partial charge in [0.1, 0.15) is 18.1 Å². The van der Waals surface area contributed by atoms with Crippen LogP contribution in [-0.4, -0.2) is 63.3 Å². The maximum Gasteiger partial charge on any atom is 0.295 e. The minimum Gasteiger partial charge on any atom is -0.507 e. The van der Waals surface area contributed by atoms with E-state index in [4.69, 9.17) is 23.7 Å². The zero-order chi connectivity index (χ0) is 28.8. The number of aliphatic hydroxyl groups excluding tert-OH is 1. The highest BCUT2D eigenvalue weighted by Crippen LogP contribution is 2.45. The Hall–Kier alpha value is -4.50. The number of methoxy groups -OCH3 is 4. The van der Waals surface area contributed by atoms with Crippen LogP contribution < -0.4 is 18.9 Å². The molecule has 1 amide bonds. The van der Waals surface area contributed by atoms with E-state index in [-0.39, 0.29) is 24.5 Å². The van der Waals surface area contributed by atoms with Crippen molar-refractivity contribution in [3.8, 4) is 23.0 Å². The third-order valence-corrected chi connectivity index (χ3v) is 6.69. The number of ketones is 1. The highest BCUT2D eigenvalue weighted by atomic mass is 16.5. The van der Waals surface area contributed by atoms with Crippen LogP contribution in [0.3, 0.4) is 0 Å². The molecule has 0 saturated carbocycles. The van der Waals surface area contributed by atoms with Gasteiger partial charge in [0, 0.05) is 19.2 Å². The first-order valence-corrected chi connectivity index (χ1v) is 12.7. The van der Waals surface area contributed by atoms with Crippen molar-refractivity contribution in [3.05, 3.63) is 88.5 Å². The highest BCUT2D eigenvalue weighted by Gasteiger charge is 2.46. The van der Waals surface area contributed by atoms with Crippen LogP contribution in [0.25, 0.3) is 5.76 Å². The average Bonchev–Trinajstić information content (AvgIpc) is 3.23. The first-order valence-electron chi connectivity index (χ1n) is 12.7. The molecule has 1 aliphatic heterocycles. The van der Waals surface area contributed by atoms with Crippen molar-refractivity contribution < 1.29 is 38.4 Å². The molecule has 1 fully saturated rings. The summed E-state index contributed by atoms with van der Waals surface area (Å²) >= 11 is 0. The predicted octanol–water partition coefficient (Wildman–Crippen LogP) is 4.67. The smallest absolute Gasteiger partial charge is 0.295 e. The summed E-state index contributed by atoms with van der Waals surface area (Å²) in [7, 11) is 5.95. The van der Waals surface area contributed by atoms with E-state index in [9.17, 15) is 14.7 Å². The molecular weight excluding hydrogens is 514 g/mol. The summed E-state index contributed by atoms with van der Waals surface area (Å²) in [5.41, 5.74) is 3.00. The van der Waals surface area contributed by atoms with E-state index in [0.29, 0.717) is 40.7 Å². The molecule has 1 N–H and O–H groups in total. The fourth-order valence-electron chi connectivity index (χ4n) is 4.74. The first kappa shape index (κ1) is 28.5. The molecule has 0 bridgehead atoms. The fraction of sp³-hybridized carbons (Fsp3) is 0.290. The van der Waals surface area contributed by atoms with Crippen LogP contribution in [0.1, 0.15) is 28.3 Å². The number of likely N-dealkylation sites (tertiary alicyclic amines) is 1. The van der Waals surface area contributed by atoms with Crippen molar-refractivity contribution in [2.45, 2.75) is 19.6 Å². The summed E-state index contributed by atoms with van der Waals surface area (Å²) < 4.78 is 27.5. The van der Waals surface area contributed by atoms with Crippen LogP contribution in [0, 0.1) is 6.92 Å². The van der Waals surface area contributed by atoms with Gasteiger partial charge in [0.2, 0.25) is 5.75 Å². The summed E-state index contributed by atoms with van der Waals surface area (Å²) in [6, 6.07) is 17.1. The molecule has 0 aliphatic carbocycles. The normalized spacial score (nSPS) is 16.2. The van der Waals surface area contributed by atoms with Crippen LogP contribution in [-0.2, 0) is 20.9 Å². The summed E-state index contributed by atoms with van der Waals surface area (Å²) in [6.45, 7) is 2.73. The number of carbonyl (C=O) groups excluding carboxylic acids is 2. The van der Waals surface area contributed by atoms with E-state index < -0.39 is 17.7 Å². The zero-order valence-electron chi connectivity index (χ0n) is 23.2. The van der Waals surface area contributed by atoms with E-state index in [1.165, 1.54) is 33.3 Å². The van der Waals surface area contributed by atoms with E-state index in [1.807, 2.05) is 31.2 Å². The van der Waals surface area contributed by atoms with Gasteiger partial charge in [-0.25, -0.2) is 0 Å². The van der Waals surface area contributed by atoms with Crippen LogP contribution in [0.5, 0.6) is 23.0 Å². The Kier molecular flexibility index (Phi) is 8.96. The van der Waals surface area contributed by atoms with E-state index in [0.717, 1.165) is 11.1 Å². The van der Waals surface area contributed by atoms with Gasteiger partial charge in [-0.2, -0.15) is 0 Å². The molecule has 1 heterocycles. The van der Waals surface area contributed by atoms with Crippen molar-refractivity contribution >= 4 is 17.4 Å². The van der Waals surface area contributed by atoms with Crippen molar-refractivity contribution in [2.24, 2.45) is 0 Å². The summed E-state index contributed by atoms with van der Waals surface area (Å²) in [4.78, 5) is 27.8. The fourth-order valence-corrected chi connectivity index (χ4v) is 4.74. The number of carbonyl (C=O) groups is 2. The monoisotopic (exact) mass is 547 g/mol. The number of amides is 1. The van der Waals surface area contributed by atoms with Gasteiger partial charge in [0.05, 0.1) is 39.6 Å². The van der Waals surface area contributed by atoms with Gasteiger partial charge in [-0.15, -0.1) is 0 Å². The van der Waals surface area contributed by atoms with Gasteiger partial charge in [-0.05, 0) is 54.4 Å². The minimum atomic E-state index is -0.916. The third kappa shape index (κ3) is 5.74. The molecule has 9 heteroatoms. The number of rotatable bonds is 11. The molecule has 210 valence electrons. The van der Waals surface area contributed by atoms with E-state index >= 15 is 0 Å². The second-order valence-electron chi connectivity index (χ2n) is 9.25. The first-order chi connectivity index (χ1) is 19.3. The van der Waals surface area contributed by atoms with Crippen molar-refractivity contribution in [1.29, 1.82) is 0 Å². The third-order valence-electron chi connectivity index (χ3n) is 6.69. The standard InChI is InChI=1S/C31H33NO8/c1-19-7-6-8-20(15-19)18-40-23-11-9-21(10-12-23)28(33)26-27(32(13-14-36-2)31(35)29(26)34)22-16-24(37-3)30(39-5)25(17-22)38-4/h6-12,15-17,27,33H,13-14,18H2,1-5H3/t27-/m1/s1. The predicted molar refractivity (Wildman–Crippen MR) is 149 cm³/mol. The molecule has 0 spiro atoms. The maximum atomic E-state index is 13.3. The molecule has 1 atom stereocenters. The van der Waals surface area contributed by atoms with Gasteiger partial charge in [-0.3, -0.25) is 9.59 Å². The lowest BCUT2D eigenvalue weighted by atomic mass is 9.94. The second kappa shape index (κ2) is 12.6. The average molecular weight is 548 g/mol. The van der Waals surface area contributed by atoms with Crippen molar-refractivity contribution in [3.63, 3.8) is 0 Å². The van der Waals surface area contributed by atoms with E-state index in [1.54, 1.807) is 36.4 Å². The Morgan fingerprint density at radius 2 is 1.57 bits per heavy atom. The Balaban J connectivity index is 1.73. The molecule has 0 radical (unpaired) electrons. The molecule has 3 aromatic rings. The summed E-state index contributed by atoms with van der Waals surface area (Å²) in [5, 5.41) is 11.4. The molecule has 1 aliphatic rings. The summed E-state index contributed by atoms with van der Waals surface area (Å²) in [5.74, 6) is -0.179. The van der Waals surface area contributed by atoms with Gasteiger partial charge in [0.25, 0.3) is 11.7 Å². The summed E-state index contributed by atoms with van der Waals surface area (Å²) in [6.07, 6.45) is 0. The molecule has 1 saturated heterocycles. The maximum absolute atomic E-state index is 13.3. The minimum absolute atomic E-state index is 0.0520. The van der Waals surface area contributed by atoms with Crippen molar-refractivity contribution in [2.75, 3.05) is 41.6 Å². The SMILES string of the molecule is COCCN1C(=O)C(=O)C(=C(O)c2ccc(OCc3cccc(C)c3)cc2)[C@H]1c1cc(OC)c(OC)c(OC)c1. The van der Waals surface area contributed by atoms with Crippen LogP contribution >= 0.6 is 0 Å². The Morgan fingerprint density at radius 3 is 2.15 bits per heavy atom. The van der Waals surface area contributed by atoms with Gasteiger partial charge in [0.15, 0.2) is 11.5 Å². The Morgan fingerprint density at radius 1 is 0.900 bits per heavy atom. The number of Topliss-reactive ketones (excluding diaryl/α,β-unsaturated/α-hetero) is 1. The lowest BCUT2D eigenvalue weighted by molar-refractivity contribution is -0.140. The van der Waals surface area contributed by atoms with Crippen molar-refractivity contribution in [1.82, 2.24) is 4.90 Å². The van der Waals surface area contributed by atoms with E-state index in [2.05, 4.69) is 0 Å². The van der Waals surface area contributed by atoms with Gasteiger partial charge in [-0.1, -0.05) is 29.8 Å². The van der Waals surface area contributed by atoms with Crippen LogP contribution in [0.15, 0.2) is 66.2 Å². The van der Waals surface area contributed by atoms with Crippen LogP contribution in [0.2, 0.25) is 0 Å². The van der Waals surface area contributed by atoms with Gasteiger partial charge >= 0.3 is 0 Å². The van der Waals surface area contributed by atoms with Crippen LogP contribution in [0.4, 0.5) is 0 Å². The second-order valence-corrected chi connectivity index (χ2v) is 9.25. The largest absolute Gasteiger partial charge is 0.507 e. The number of benzene rings is 3. The van der Waals surface area contributed by atoms with Gasteiger partial charge < -0.3 is 33.7 Å². The number of aryl methyl sites for hydroxylation is 1. The highest BCUT2D eigenvalue weighted by molar-refractivity contribution is 6.46. The lowest BCUT2D eigenvalue weighted by Crippen LogP contribution is -2.32. The zero-order valence-corrected chi connectivity index (χ0v) is 23.2. The molecule has 9 nitrogen and oxygen atoms in total.